The lowest BCUT2D eigenvalue weighted by atomic mass is 10.1. The Morgan fingerprint density at radius 3 is 2.35 bits per heavy atom. The van der Waals surface area contributed by atoms with Crippen molar-refractivity contribution >= 4 is 29.2 Å². The highest BCUT2D eigenvalue weighted by atomic mass is 32.2. The van der Waals surface area contributed by atoms with Gasteiger partial charge in [0.15, 0.2) is 0 Å². The molecule has 1 N–H and O–H groups in total. The number of methoxy groups -OCH3 is 2. The highest BCUT2D eigenvalue weighted by molar-refractivity contribution is 7.98. The van der Waals surface area contributed by atoms with Crippen molar-refractivity contribution in [1.29, 1.82) is 0 Å². The first-order valence-corrected chi connectivity index (χ1v) is 8.66. The van der Waals surface area contributed by atoms with Crippen molar-refractivity contribution in [3.63, 3.8) is 0 Å². The Hall–Kier alpha value is -3.07. The predicted molar refractivity (Wildman–Crippen MR) is 94.5 cm³/mol. The molecule has 0 amide bonds. The standard InChI is InChI=1S/C17H15N3O5S/c1-24-15(22)11-8-20-14(12(11)16(23)25-2)13(18-17(19-20)26-3)9-4-6-10(21)7-5-9/h4-8,21H,1-3H3. The van der Waals surface area contributed by atoms with E-state index in [4.69, 9.17) is 9.47 Å². The Labute approximate surface area is 152 Å². The molecule has 8 nitrogen and oxygen atoms in total. The molecule has 0 aliphatic carbocycles. The number of esters is 2. The molecule has 0 atom stereocenters. The van der Waals surface area contributed by atoms with Gasteiger partial charge in [0, 0.05) is 11.8 Å². The minimum atomic E-state index is -0.701. The number of phenolic OH excluding ortho intramolecular Hbond substituents is 1. The van der Waals surface area contributed by atoms with Gasteiger partial charge in [0.1, 0.15) is 16.8 Å². The molecule has 0 aliphatic rings. The molecule has 3 rings (SSSR count). The molecule has 0 fully saturated rings. The van der Waals surface area contributed by atoms with Crippen LogP contribution in [-0.4, -0.2) is 52.1 Å². The van der Waals surface area contributed by atoms with Crippen LogP contribution in [0.25, 0.3) is 16.8 Å². The van der Waals surface area contributed by atoms with Crippen molar-refractivity contribution in [1.82, 2.24) is 14.6 Å². The molecule has 134 valence electrons. The van der Waals surface area contributed by atoms with Crippen molar-refractivity contribution in [2.45, 2.75) is 5.16 Å². The molecule has 26 heavy (non-hydrogen) atoms. The van der Waals surface area contributed by atoms with Crippen LogP contribution in [0.1, 0.15) is 20.7 Å². The van der Waals surface area contributed by atoms with Gasteiger partial charge in [0.05, 0.1) is 25.5 Å². The number of phenols is 1. The zero-order valence-corrected chi connectivity index (χ0v) is 15.0. The van der Waals surface area contributed by atoms with Crippen LogP contribution in [0.3, 0.4) is 0 Å². The van der Waals surface area contributed by atoms with E-state index in [0.717, 1.165) is 0 Å². The summed E-state index contributed by atoms with van der Waals surface area (Å²) < 4.78 is 11.0. The Balaban J connectivity index is 2.41. The van der Waals surface area contributed by atoms with Gasteiger partial charge >= 0.3 is 11.9 Å². The lowest BCUT2D eigenvalue weighted by molar-refractivity contribution is 0.0558. The van der Waals surface area contributed by atoms with E-state index in [1.54, 1.807) is 12.1 Å². The highest BCUT2D eigenvalue weighted by Gasteiger charge is 2.28. The summed E-state index contributed by atoms with van der Waals surface area (Å²) in [4.78, 5) is 29.0. The number of carbonyl (C=O) groups excluding carboxylic acids is 2. The first kappa shape index (κ1) is 17.7. The van der Waals surface area contributed by atoms with Gasteiger partial charge in [0.25, 0.3) is 0 Å². The van der Waals surface area contributed by atoms with Crippen LogP contribution < -0.4 is 0 Å². The number of hydrogen-bond acceptors (Lipinski definition) is 8. The minimum Gasteiger partial charge on any atom is -0.508 e. The second-order valence-electron chi connectivity index (χ2n) is 5.19. The van der Waals surface area contributed by atoms with Gasteiger partial charge in [-0.15, -0.1) is 5.10 Å². The SMILES string of the molecule is COC(=O)c1cn2nc(SC)nc(-c3ccc(O)cc3)c2c1C(=O)OC. The Kier molecular flexibility index (Phi) is 4.81. The lowest BCUT2D eigenvalue weighted by Crippen LogP contribution is -2.10. The number of ether oxygens (including phenoxy) is 2. The highest BCUT2D eigenvalue weighted by Crippen LogP contribution is 2.31. The maximum absolute atomic E-state index is 12.4. The molecule has 3 aromatic rings. The van der Waals surface area contributed by atoms with Gasteiger partial charge in [0.2, 0.25) is 5.16 Å². The third-order valence-corrected chi connectivity index (χ3v) is 4.27. The van der Waals surface area contributed by atoms with E-state index in [-0.39, 0.29) is 16.9 Å². The average Bonchev–Trinajstić information content (AvgIpc) is 3.06. The maximum Gasteiger partial charge on any atom is 0.341 e. The largest absolute Gasteiger partial charge is 0.508 e. The summed E-state index contributed by atoms with van der Waals surface area (Å²) in [6, 6.07) is 6.34. The van der Waals surface area contributed by atoms with E-state index in [1.165, 1.54) is 48.8 Å². The monoisotopic (exact) mass is 373 g/mol. The predicted octanol–water partition coefficient (Wildman–Crippen LogP) is 2.40. The molecular weight excluding hydrogens is 358 g/mol. The summed E-state index contributed by atoms with van der Waals surface area (Å²) in [7, 11) is 2.45. The molecular formula is C17H15N3O5S. The summed E-state index contributed by atoms with van der Waals surface area (Å²) in [5, 5.41) is 14.3. The fourth-order valence-corrected chi connectivity index (χ4v) is 2.90. The normalized spacial score (nSPS) is 10.7. The van der Waals surface area contributed by atoms with Crippen LogP contribution in [0, 0.1) is 0 Å². The molecule has 2 heterocycles. The van der Waals surface area contributed by atoms with Crippen molar-refractivity contribution < 1.29 is 24.2 Å². The Morgan fingerprint density at radius 1 is 1.12 bits per heavy atom. The maximum atomic E-state index is 12.4. The second-order valence-corrected chi connectivity index (χ2v) is 5.96. The summed E-state index contributed by atoms with van der Waals surface area (Å²) in [5.74, 6) is -1.28. The number of fused-ring (bicyclic) bond motifs is 1. The second kappa shape index (κ2) is 7.04. The fourth-order valence-electron chi connectivity index (χ4n) is 2.54. The van der Waals surface area contributed by atoms with Gasteiger partial charge in [-0.05, 0) is 30.5 Å². The van der Waals surface area contributed by atoms with Crippen LogP contribution in [0.5, 0.6) is 5.75 Å². The van der Waals surface area contributed by atoms with Gasteiger partial charge in [-0.2, -0.15) is 0 Å². The number of aromatic nitrogens is 3. The molecule has 1 aromatic carbocycles. The van der Waals surface area contributed by atoms with Crippen LogP contribution in [-0.2, 0) is 9.47 Å². The summed E-state index contributed by atoms with van der Waals surface area (Å²) in [6.45, 7) is 0. The summed E-state index contributed by atoms with van der Waals surface area (Å²) in [6.07, 6.45) is 3.23. The molecule has 0 saturated heterocycles. The van der Waals surface area contributed by atoms with Crippen LogP contribution in [0.4, 0.5) is 0 Å². The van der Waals surface area contributed by atoms with Crippen LogP contribution >= 0.6 is 11.8 Å². The van der Waals surface area contributed by atoms with E-state index in [2.05, 4.69) is 10.1 Å². The quantitative estimate of drug-likeness (QED) is 0.549. The fraction of sp³-hybridized carbons (Fsp3) is 0.176. The molecule has 0 unspecified atom stereocenters. The lowest BCUT2D eigenvalue weighted by Gasteiger charge is -2.08. The number of hydrogen-bond donors (Lipinski definition) is 1. The molecule has 0 aliphatic heterocycles. The van der Waals surface area contributed by atoms with E-state index in [0.29, 0.717) is 21.9 Å². The van der Waals surface area contributed by atoms with Crippen molar-refractivity contribution in [3.8, 4) is 17.0 Å². The van der Waals surface area contributed by atoms with Crippen molar-refractivity contribution in [3.05, 3.63) is 41.6 Å². The first-order chi connectivity index (χ1) is 12.5. The first-order valence-electron chi connectivity index (χ1n) is 7.43. The van der Waals surface area contributed by atoms with E-state index in [9.17, 15) is 14.7 Å². The van der Waals surface area contributed by atoms with Crippen molar-refractivity contribution in [2.75, 3.05) is 20.5 Å². The third kappa shape index (κ3) is 2.97. The van der Waals surface area contributed by atoms with E-state index in [1.807, 2.05) is 6.26 Å². The number of aromatic hydroxyl groups is 1. The van der Waals surface area contributed by atoms with Gasteiger partial charge in [-0.1, -0.05) is 11.8 Å². The molecule has 0 radical (unpaired) electrons. The number of nitrogens with zero attached hydrogens (tertiary/aromatic N) is 3. The molecule has 0 spiro atoms. The summed E-state index contributed by atoms with van der Waals surface area (Å²) >= 11 is 1.31. The number of benzene rings is 1. The minimum absolute atomic E-state index is 0.0232. The van der Waals surface area contributed by atoms with Gasteiger partial charge in [-0.3, -0.25) is 0 Å². The number of carbonyl (C=O) groups is 2. The molecule has 0 saturated carbocycles. The Morgan fingerprint density at radius 2 is 1.77 bits per heavy atom. The summed E-state index contributed by atoms with van der Waals surface area (Å²) in [5.41, 5.74) is 1.45. The van der Waals surface area contributed by atoms with Gasteiger partial charge in [-0.25, -0.2) is 19.1 Å². The van der Waals surface area contributed by atoms with Crippen molar-refractivity contribution in [2.24, 2.45) is 0 Å². The molecule has 0 bridgehead atoms. The number of thioether (sulfide) groups is 1. The smallest absolute Gasteiger partial charge is 0.341 e. The zero-order valence-electron chi connectivity index (χ0n) is 14.2. The van der Waals surface area contributed by atoms with E-state index >= 15 is 0 Å². The third-order valence-electron chi connectivity index (χ3n) is 3.73. The molecule has 9 heteroatoms. The van der Waals surface area contributed by atoms with Crippen LogP contribution in [0.15, 0.2) is 35.6 Å². The Bertz CT molecular complexity index is 998. The van der Waals surface area contributed by atoms with Crippen LogP contribution in [0.2, 0.25) is 0 Å². The van der Waals surface area contributed by atoms with E-state index < -0.39 is 11.9 Å². The molecule has 2 aromatic heterocycles. The van der Waals surface area contributed by atoms with Gasteiger partial charge < -0.3 is 14.6 Å². The number of rotatable bonds is 4. The topological polar surface area (TPSA) is 103 Å². The average molecular weight is 373 g/mol. The zero-order chi connectivity index (χ0) is 18.8.